The van der Waals surface area contributed by atoms with Crippen LogP contribution in [0.4, 0.5) is 0 Å². The Balaban J connectivity index is 1.94. The molecule has 1 N–H and O–H groups in total. The molecule has 17 heavy (non-hydrogen) atoms. The molecule has 0 aliphatic heterocycles. The summed E-state index contributed by atoms with van der Waals surface area (Å²) < 4.78 is 5.01. The molecule has 5 heteroatoms. The zero-order chi connectivity index (χ0) is 12.2. The average molecular weight is 254 g/mol. The minimum Gasteiger partial charge on any atom is -0.466 e. The van der Waals surface area contributed by atoms with Crippen LogP contribution in [0.2, 0.25) is 0 Å². The van der Waals surface area contributed by atoms with Crippen molar-refractivity contribution in [2.75, 3.05) is 6.61 Å². The Hall–Kier alpha value is -1.29. The van der Waals surface area contributed by atoms with Gasteiger partial charge < -0.3 is 9.72 Å². The quantitative estimate of drug-likeness (QED) is 0.636. The molecule has 0 radical (unpaired) electrons. The van der Waals surface area contributed by atoms with Crippen molar-refractivity contribution in [3.63, 3.8) is 0 Å². The summed E-state index contributed by atoms with van der Waals surface area (Å²) in [5, 5.41) is 0. The number of hydrogen-bond acceptors (Lipinski definition) is 3. The molecule has 0 bridgehead atoms. The monoisotopic (exact) mass is 253 g/mol. The second kappa shape index (κ2) is 3.35. The van der Waals surface area contributed by atoms with E-state index in [0.717, 1.165) is 11.1 Å². The molecule has 0 amide bonds. The molecule has 1 fully saturated rings. The highest BCUT2D eigenvalue weighted by Gasteiger charge is 2.72. The zero-order valence-corrected chi connectivity index (χ0v) is 10.1. The lowest BCUT2D eigenvalue weighted by Crippen LogP contribution is -2.17. The van der Waals surface area contributed by atoms with Gasteiger partial charge in [-0.1, -0.05) is 0 Å². The highest BCUT2D eigenvalue weighted by molar-refractivity contribution is 6.29. The molecule has 1 heterocycles. The maximum absolute atomic E-state index is 11.7. The molecule has 1 aromatic heterocycles. The first-order valence-electron chi connectivity index (χ1n) is 5.66. The molecule has 3 rings (SSSR count). The van der Waals surface area contributed by atoms with Crippen molar-refractivity contribution in [2.24, 2.45) is 11.8 Å². The molecule has 1 saturated carbocycles. The number of ether oxygens (including phenoxy) is 1. The van der Waals surface area contributed by atoms with Crippen molar-refractivity contribution in [3.05, 3.63) is 33.7 Å². The van der Waals surface area contributed by atoms with Gasteiger partial charge in [-0.25, -0.2) is 0 Å². The van der Waals surface area contributed by atoms with Gasteiger partial charge in [0.2, 0.25) is 5.56 Å². The number of alkyl halides is 1. The number of pyridine rings is 1. The second-order valence-electron chi connectivity index (χ2n) is 4.54. The second-order valence-corrected chi connectivity index (χ2v) is 5.17. The van der Waals surface area contributed by atoms with Gasteiger partial charge in [0.05, 0.1) is 17.4 Å². The molecule has 2 aliphatic rings. The Morgan fingerprint density at radius 3 is 3.18 bits per heavy atom. The number of halogens is 1. The predicted molar refractivity (Wildman–Crippen MR) is 61.9 cm³/mol. The molecule has 1 unspecified atom stereocenters. The van der Waals surface area contributed by atoms with Gasteiger partial charge >= 0.3 is 5.97 Å². The Morgan fingerprint density at radius 1 is 1.71 bits per heavy atom. The van der Waals surface area contributed by atoms with Crippen LogP contribution >= 0.6 is 11.6 Å². The summed E-state index contributed by atoms with van der Waals surface area (Å²) in [4.78, 5) is 24.9. The maximum Gasteiger partial charge on any atom is 0.311 e. The van der Waals surface area contributed by atoms with E-state index < -0.39 is 4.87 Å². The van der Waals surface area contributed by atoms with Crippen LogP contribution in [0, 0.1) is 11.8 Å². The first-order valence-corrected chi connectivity index (χ1v) is 6.04. The lowest BCUT2D eigenvalue weighted by atomic mass is 10.0. The average Bonchev–Trinajstić information content (AvgIpc) is 2.74. The maximum atomic E-state index is 11.7. The first-order chi connectivity index (χ1) is 8.09. The molecule has 4 nitrogen and oxygen atoms in total. The minimum absolute atomic E-state index is 0.0772. The number of H-pyrrole nitrogens is 1. The van der Waals surface area contributed by atoms with E-state index in [4.69, 9.17) is 16.3 Å². The number of carbonyl (C=O) groups is 1. The van der Waals surface area contributed by atoms with Crippen molar-refractivity contribution in [2.45, 2.75) is 18.2 Å². The largest absolute Gasteiger partial charge is 0.466 e. The number of fused-ring (bicyclic) bond motifs is 3. The summed E-state index contributed by atoms with van der Waals surface area (Å²) in [6, 6.07) is 1.56. The topological polar surface area (TPSA) is 59.2 Å². The van der Waals surface area contributed by atoms with Gasteiger partial charge in [0.15, 0.2) is 0 Å². The van der Waals surface area contributed by atoms with E-state index in [1.165, 1.54) is 0 Å². The van der Waals surface area contributed by atoms with Crippen molar-refractivity contribution >= 4 is 17.6 Å². The molecule has 90 valence electrons. The van der Waals surface area contributed by atoms with Crippen LogP contribution in [-0.2, 0) is 20.8 Å². The molecule has 0 aromatic carbocycles. The summed E-state index contributed by atoms with van der Waals surface area (Å²) in [5.74, 6) is -0.416. The normalized spacial score (nSPS) is 32.8. The van der Waals surface area contributed by atoms with Crippen LogP contribution in [-0.4, -0.2) is 17.6 Å². The van der Waals surface area contributed by atoms with Crippen LogP contribution in [0.15, 0.2) is 17.1 Å². The number of hydrogen-bond donors (Lipinski definition) is 1. The van der Waals surface area contributed by atoms with Crippen LogP contribution < -0.4 is 5.56 Å². The fraction of sp³-hybridized carbons (Fsp3) is 0.500. The van der Waals surface area contributed by atoms with Gasteiger partial charge in [-0.3, -0.25) is 9.59 Å². The summed E-state index contributed by atoms with van der Waals surface area (Å²) in [6.07, 6.45) is 2.32. The summed E-state index contributed by atoms with van der Waals surface area (Å²) in [5.41, 5.74) is 1.70. The van der Waals surface area contributed by atoms with Crippen LogP contribution in [0.25, 0.3) is 0 Å². The van der Waals surface area contributed by atoms with Gasteiger partial charge in [-0.2, -0.15) is 0 Å². The number of aromatic nitrogens is 1. The molecular weight excluding hydrogens is 242 g/mol. The Labute approximate surface area is 103 Å². The minimum atomic E-state index is -0.647. The van der Waals surface area contributed by atoms with Crippen molar-refractivity contribution in [1.82, 2.24) is 4.98 Å². The lowest BCUT2D eigenvalue weighted by Gasteiger charge is -2.10. The lowest BCUT2D eigenvalue weighted by molar-refractivity contribution is -0.145. The third-order valence-electron chi connectivity index (χ3n) is 3.69. The molecule has 1 aromatic rings. The van der Waals surface area contributed by atoms with Gasteiger partial charge in [-0.15, -0.1) is 11.6 Å². The van der Waals surface area contributed by atoms with Crippen molar-refractivity contribution < 1.29 is 9.53 Å². The van der Waals surface area contributed by atoms with Gasteiger partial charge in [-0.05, 0) is 24.5 Å². The fourth-order valence-corrected chi connectivity index (χ4v) is 3.46. The third kappa shape index (κ3) is 1.30. The number of nitrogens with one attached hydrogen (secondary N) is 1. The summed E-state index contributed by atoms with van der Waals surface area (Å²) in [6.45, 7) is 2.15. The Kier molecular flexibility index (Phi) is 2.14. The molecule has 0 saturated heterocycles. The van der Waals surface area contributed by atoms with Gasteiger partial charge in [0.25, 0.3) is 0 Å². The first kappa shape index (κ1) is 10.8. The molecule has 3 atom stereocenters. The Bertz CT molecular complexity index is 553. The molecular formula is C12H12ClNO3. The number of rotatable bonds is 2. The number of esters is 1. The number of aromatic amines is 1. The van der Waals surface area contributed by atoms with Crippen LogP contribution in [0.1, 0.15) is 18.1 Å². The molecule has 2 aliphatic carbocycles. The van der Waals surface area contributed by atoms with Gasteiger partial charge in [0.1, 0.15) is 0 Å². The van der Waals surface area contributed by atoms with E-state index in [1.807, 2.05) is 0 Å². The summed E-state index contributed by atoms with van der Waals surface area (Å²) >= 11 is 6.50. The smallest absolute Gasteiger partial charge is 0.311 e. The van der Waals surface area contributed by atoms with Gasteiger partial charge in [0, 0.05) is 18.2 Å². The molecule has 0 spiro atoms. The van der Waals surface area contributed by atoms with E-state index in [0.29, 0.717) is 13.0 Å². The van der Waals surface area contributed by atoms with Crippen LogP contribution in [0.5, 0.6) is 0 Å². The highest BCUT2D eigenvalue weighted by atomic mass is 35.5. The van der Waals surface area contributed by atoms with E-state index in [9.17, 15) is 9.59 Å². The highest BCUT2D eigenvalue weighted by Crippen LogP contribution is 2.69. The van der Waals surface area contributed by atoms with E-state index in [-0.39, 0.29) is 23.4 Å². The van der Waals surface area contributed by atoms with Crippen LogP contribution in [0.3, 0.4) is 0 Å². The SMILES string of the molecule is CCOC(=O)[C@H]1[C@@H]2Cc3cc(=O)[nH]cc3C21Cl. The van der Waals surface area contributed by atoms with E-state index >= 15 is 0 Å². The fourth-order valence-electron chi connectivity index (χ4n) is 2.90. The zero-order valence-electron chi connectivity index (χ0n) is 9.33. The van der Waals surface area contributed by atoms with Crippen molar-refractivity contribution in [3.8, 4) is 0 Å². The number of carbonyl (C=O) groups excluding carboxylic acids is 1. The summed E-state index contributed by atoms with van der Waals surface area (Å²) in [7, 11) is 0. The predicted octanol–water partition coefficient (Wildman–Crippen LogP) is 1.17. The van der Waals surface area contributed by atoms with Crippen molar-refractivity contribution in [1.29, 1.82) is 0 Å². The standard InChI is InChI=1S/C12H12ClNO3/c1-2-17-11(16)10-7-3-6-4-9(15)14-5-8(6)12(7,10)13/h4-5,7,10H,2-3H2,1H3,(H,14,15)/t7-,10+,12?/m0/s1. The van der Waals surface area contributed by atoms with E-state index in [1.54, 1.807) is 19.2 Å². The Morgan fingerprint density at radius 2 is 2.47 bits per heavy atom. The van der Waals surface area contributed by atoms with E-state index in [2.05, 4.69) is 4.98 Å². The third-order valence-corrected chi connectivity index (χ3v) is 4.41.